The molecule has 1 aliphatic carbocycles. The topological polar surface area (TPSA) is 95.0 Å². The van der Waals surface area contributed by atoms with Gasteiger partial charge in [0.05, 0.1) is 30.2 Å². The first-order chi connectivity index (χ1) is 14.6. The van der Waals surface area contributed by atoms with E-state index in [0.29, 0.717) is 23.3 Å². The van der Waals surface area contributed by atoms with Crippen LogP contribution in [0.3, 0.4) is 0 Å². The Morgan fingerprint density at radius 1 is 1.13 bits per heavy atom. The molecule has 3 aromatic rings. The fraction of sp³-hybridized carbons (Fsp3) is 0.429. The third-order valence-electron chi connectivity index (χ3n) is 6.41. The first-order valence-electron chi connectivity index (χ1n) is 10.1. The maximum atomic E-state index is 14.2. The summed E-state index contributed by atoms with van der Waals surface area (Å²) in [6, 6.07) is 5.48. The lowest BCUT2D eigenvalue weighted by atomic mass is 9.77. The van der Waals surface area contributed by atoms with Gasteiger partial charge in [0.15, 0.2) is 5.82 Å². The third kappa shape index (κ3) is 3.39. The number of halogens is 1. The molecule has 3 aromatic heterocycles. The maximum absolute atomic E-state index is 14.2. The quantitative estimate of drug-likeness (QED) is 0.708. The van der Waals surface area contributed by atoms with Gasteiger partial charge < -0.3 is 15.4 Å². The Balaban J connectivity index is 1.36. The van der Waals surface area contributed by atoms with Crippen LogP contribution in [0.25, 0.3) is 11.3 Å². The average molecular weight is 409 g/mol. The van der Waals surface area contributed by atoms with Gasteiger partial charge in [-0.15, -0.1) is 5.10 Å². The number of nitrogens with two attached hydrogens (primary N) is 1. The van der Waals surface area contributed by atoms with Crippen LogP contribution in [0.4, 0.5) is 15.9 Å². The van der Waals surface area contributed by atoms with Gasteiger partial charge in [-0.2, -0.15) is 0 Å². The molecule has 1 saturated heterocycles. The van der Waals surface area contributed by atoms with Gasteiger partial charge in [0.1, 0.15) is 11.5 Å². The monoisotopic (exact) mass is 409 g/mol. The van der Waals surface area contributed by atoms with Crippen molar-refractivity contribution in [3.05, 3.63) is 48.8 Å². The van der Waals surface area contributed by atoms with E-state index in [0.717, 1.165) is 37.2 Å². The number of aromatic nitrogens is 5. The summed E-state index contributed by atoms with van der Waals surface area (Å²) in [7, 11) is 1.75. The van der Waals surface area contributed by atoms with E-state index in [1.54, 1.807) is 31.6 Å². The Labute approximate surface area is 173 Å². The summed E-state index contributed by atoms with van der Waals surface area (Å²) >= 11 is 0. The first-order valence-corrected chi connectivity index (χ1v) is 10.1. The van der Waals surface area contributed by atoms with Gasteiger partial charge in [0.2, 0.25) is 0 Å². The lowest BCUT2D eigenvalue weighted by Gasteiger charge is -2.36. The number of nitrogens with zero attached hydrogens (tertiary/aromatic N) is 6. The van der Waals surface area contributed by atoms with E-state index in [-0.39, 0.29) is 18.0 Å². The Kier molecular flexibility index (Phi) is 4.82. The molecule has 0 aromatic carbocycles. The molecule has 1 aliphatic heterocycles. The molecule has 0 unspecified atom stereocenters. The second-order valence-electron chi connectivity index (χ2n) is 8.12. The lowest BCUT2D eigenvalue weighted by Crippen LogP contribution is -2.37. The predicted molar refractivity (Wildman–Crippen MR) is 110 cm³/mol. The van der Waals surface area contributed by atoms with Crippen LogP contribution in [0.1, 0.15) is 18.9 Å². The number of fused-ring (bicyclic) bond motifs is 1. The summed E-state index contributed by atoms with van der Waals surface area (Å²) in [6.45, 7) is 1.65. The summed E-state index contributed by atoms with van der Waals surface area (Å²) in [6.07, 6.45) is 8.42. The van der Waals surface area contributed by atoms with Gasteiger partial charge in [0, 0.05) is 38.2 Å². The SMILES string of the molecule is CO[C@@H]1C[C@H]2CN(c3ccncc3F)C[C@H]2C[C@H]1n1cc(-c2ccc(N)nc2)nn1. The van der Waals surface area contributed by atoms with Crippen LogP contribution in [-0.2, 0) is 4.74 Å². The molecule has 30 heavy (non-hydrogen) atoms. The van der Waals surface area contributed by atoms with E-state index in [9.17, 15) is 4.39 Å². The molecular weight excluding hydrogens is 385 g/mol. The summed E-state index contributed by atoms with van der Waals surface area (Å²) in [5.74, 6) is 1.11. The molecule has 8 nitrogen and oxygen atoms in total. The van der Waals surface area contributed by atoms with Crippen molar-refractivity contribution in [1.82, 2.24) is 25.0 Å². The zero-order valence-corrected chi connectivity index (χ0v) is 16.7. The highest BCUT2D eigenvalue weighted by atomic mass is 19.1. The van der Waals surface area contributed by atoms with Crippen LogP contribution in [0.15, 0.2) is 43.0 Å². The van der Waals surface area contributed by atoms with E-state index in [2.05, 4.69) is 25.2 Å². The smallest absolute Gasteiger partial charge is 0.164 e. The largest absolute Gasteiger partial charge is 0.384 e. The van der Waals surface area contributed by atoms with E-state index in [4.69, 9.17) is 10.5 Å². The number of anilines is 2. The molecule has 9 heteroatoms. The van der Waals surface area contributed by atoms with E-state index in [1.807, 2.05) is 16.9 Å². The minimum absolute atomic E-state index is 0.0348. The van der Waals surface area contributed by atoms with Crippen molar-refractivity contribution in [3.63, 3.8) is 0 Å². The second-order valence-corrected chi connectivity index (χ2v) is 8.12. The molecule has 4 heterocycles. The standard InChI is InChI=1S/C21H24FN7O/c1-30-20-7-15-11-28(18-4-5-24-9-16(18)22)10-14(15)6-19(20)29-12-17(26-27-29)13-2-3-21(23)25-8-13/h2-5,8-9,12,14-15,19-20H,6-7,10-11H2,1H3,(H2,23,25)/t14-,15+,19-,20-/m1/s1. The van der Waals surface area contributed by atoms with Crippen molar-refractivity contribution >= 4 is 11.5 Å². The lowest BCUT2D eigenvalue weighted by molar-refractivity contribution is -0.00541. The van der Waals surface area contributed by atoms with Gasteiger partial charge in [0.25, 0.3) is 0 Å². The summed E-state index contributed by atoms with van der Waals surface area (Å²) in [4.78, 5) is 10.1. The van der Waals surface area contributed by atoms with Crippen LogP contribution < -0.4 is 10.6 Å². The minimum Gasteiger partial charge on any atom is -0.384 e. The highest BCUT2D eigenvalue weighted by molar-refractivity contribution is 5.57. The molecule has 2 N–H and O–H groups in total. The second kappa shape index (κ2) is 7.64. The number of nitrogen functional groups attached to an aromatic ring is 1. The molecule has 4 atom stereocenters. The Morgan fingerprint density at radius 2 is 1.97 bits per heavy atom. The summed E-state index contributed by atoms with van der Waals surface area (Å²) in [5.41, 5.74) is 7.93. The van der Waals surface area contributed by atoms with Crippen molar-refractivity contribution in [1.29, 1.82) is 0 Å². The fourth-order valence-electron chi connectivity index (χ4n) is 4.87. The first kappa shape index (κ1) is 18.9. The molecule has 156 valence electrons. The Morgan fingerprint density at radius 3 is 2.70 bits per heavy atom. The predicted octanol–water partition coefficient (Wildman–Crippen LogP) is 2.56. The van der Waals surface area contributed by atoms with Gasteiger partial charge in [-0.05, 0) is 42.9 Å². The van der Waals surface area contributed by atoms with Gasteiger partial charge >= 0.3 is 0 Å². The molecule has 2 fully saturated rings. The molecule has 1 saturated carbocycles. The van der Waals surface area contributed by atoms with Crippen molar-refractivity contribution in [2.75, 3.05) is 30.8 Å². The number of rotatable bonds is 4. The number of pyridine rings is 2. The third-order valence-corrected chi connectivity index (χ3v) is 6.41. The minimum atomic E-state index is -0.269. The van der Waals surface area contributed by atoms with Crippen molar-refractivity contribution < 1.29 is 9.13 Å². The van der Waals surface area contributed by atoms with Crippen LogP contribution in [0, 0.1) is 17.7 Å². The van der Waals surface area contributed by atoms with E-state index < -0.39 is 0 Å². The molecular formula is C21H24FN7O. The maximum Gasteiger partial charge on any atom is 0.164 e. The van der Waals surface area contributed by atoms with Gasteiger partial charge in [-0.25, -0.2) is 14.1 Å². The number of hydrogen-bond donors (Lipinski definition) is 1. The highest BCUT2D eigenvalue weighted by Gasteiger charge is 2.44. The zero-order valence-electron chi connectivity index (χ0n) is 16.7. The van der Waals surface area contributed by atoms with E-state index >= 15 is 0 Å². The number of methoxy groups -OCH3 is 1. The summed E-state index contributed by atoms with van der Waals surface area (Å²) in [5, 5.41) is 8.72. The Bertz CT molecular complexity index is 1020. The number of hydrogen-bond acceptors (Lipinski definition) is 7. The molecule has 0 bridgehead atoms. The Hall–Kier alpha value is -3.07. The molecule has 0 amide bonds. The normalized spacial score (nSPS) is 26.0. The molecule has 0 spiro atoms. The molecule has 5 rings (SSSR count). The van der Waals surface area contributed by atoms with Crippen LogP contribution in [0.5, 0.6) is 0 Å². The summed E-state index contributed by atoms with van der Waals surface area (Å²) < 4.78 is 22.0. The van der Waals surface area contributed by atoms with Crippen LogP contribution in [-0.4, -0.2) is 51.3 Å². The van der Waals surface area contributed by atoms with E-state index in [1.165, 1.54) is 6.20 Å². The van der Waals surface area contributed by atoms with Gasteiger partial charge in [-0.3, -0.25) is 4.98 Å². The average Bonchev–Trinajstić information content (AvgIpc) is 3.40. The van der Waals surface area contributed by atoms with Gasteiger partial charge in [-0.1, -0.05) is 5.21 Å². The molecule has 0 radical (unpaired) electrons. The van der Waals surface area contributed by atoms with Crippen molar-refractivity contribution in [2.24, 2.45) is 11.8 Å². The fourth-order valence-corrected chi connectivity index (χ4v) is 4.87. The van der Waals surface area contributed by atoms with Crippen molar-refractivity contribution in [2.45, 2.75) is 25.0 Å². The molecule has 2 aliphatic rings. The van der Waals surface area contributed by atoms with Crippen LogP contribution >= 0.6 is 0 Å². The number of ether oxygens (including phenoxy) is 1. The van der Waals surface area contributed by atoms with Crippen molar-refractivity contribution in [3.8, 4) is 11.3 Å². The highest BCUT2D eigenvalue weighted by Crippen LogP contribution is 2.43. The zero-order chi connectivity index (χ0) is 20.7. The van der Waals surface area contributed by atoms with Crippen LogP contribution in [0.2, 0.25) is 0 Å².